The van der Waals surface area contributed by atoms with Crippen LogP contribution in [0.4, 0.5) is 20.2 Å². The molecule has 1 amide bonds. The van der Waals surface area contributed by atoms with E-state index >= 15 is 0 Å². The van der Waals surface area contributed by atoms with Gasteiger partial charge in [0.05, 0.1) is 16.4 Å². The summed E-state index contributed by atoms with van der Waals surface area (Å²) in [6, 6.07) is 9.70. The molecular formula is C26H20ClF2N3O4. The van der Waals surface area contributed by atoms with Crippen molar-refractivity contribution in [3.63, 3.8) is 0 Å². The number of carbonyl (C=O) groups is 2. The fraction of sp³-hybridized carbons (Fsp3) is 0.154. The Balaban J connectivity index is 1.92. The molecule has 0 aliphatic heterocycles. The zero-order valence-electron chi connectivity index (χ0n) is 19.5. The predicted octanol–water partition coefficient (Wildman–Crippen LogP) is 5.92. The molecule has 4 aromatic rings. The van der Waals surface area contributed by atoms with Gasteiger partial charge in [-0.05, 0) is 49.7 Å². The normalized spacial score (nSPS) is 11.6. The smallest absolute Gasteiger partial charge is 0.302 e. The lowest BCUT2D eigenvalue weighted by molar-refractivity contribution is -0.142. The van der Waals surface area contributed by atoms with Crippen molar-refractivity contribution < 1.29 is 27.5 Å². The molecular weight excluding hydrogens is 492 g/mol. The van der Waals surface area contributed by atoms with Crippen molar-refractivity contribution >= 4 is 45.8 Å². The summed E-state index contributed by atoms with van der Waals surface area (Å²) in [4.78, 5) is 33.4. The molecule has 0 unspecified atom stereocenters. The van der Waals surface area contributed by atoms with Crippen LogP contribution >= 0.6 is 11.6 Å². The Bertz CT molecular complexity index is 1580. The van der Waals surface area contributed by atoms with E-state index in [1.54, 1.807) is 25.1 Å². The largest absolute Gasteiger partial charge is 0.461 e. The Morgan fingerprint density at radius 2 is 1.89 bits per heavy atom. The van der Waals surface area contributed by atoms with Crippen molar-refractivity contribution in [3.05, 3.63) is 93.3 Å². The quantitative estimate of drug-likeness (QED) is 0.335. The summed E-state index contributed by atoms with van der Waals surface area (Å²) in [5.41, 5.74) is 2.54. The van der Waals surface area contributed by atoms with Gasteiger partial charge in [0.2, 0.25) is 5.55 Å². The van der Waals surface area contributed by atoms with Crippen LogP contribution in [0.5, 0.6) is 0 Å². The van der Waals surface area contributed by atoms with Gasteiger partial charge in [0, 0.05) is 35.8 Å². The first-order valence-corrected chi connectivity index (χ1v) is 11.1. The lowest BCUT2D eigenvalue weighted by atomic mass is 10.1. The number of rotatable bonds is 5. The first-order valence-electron chi connectivity index (χ1n) is 10.8. The van der Waals surface area contributed by atoms with Crippen molar-refractivity contribution in [3.8, 4) is 0 Å². The molecule has 4 rings (SSSR count). The van der Waals surface area contributed by atoms with Gasteiger partial charge in [0.1, 0.15) is 12.2 Å². The maximum atomic E-state index is 13.7. The van der Waals surface area contributed by atoms with E-state index in [0.717, 1.165) is 17.7 Å². The van der Waals surface area contributed by atoms with Gasteiger partial charge < -0.3 is 14.5 Å². The summed E-state index contributed by atoms with van der Waals surface area (Å²) in [6.07, 6.45) is 1.51. The van der Waals surface area contributed by atoms with Crippen LogP contribution in [0, 0.1) is 25.5 Å². The van der Waals surface area contributed by atoms with Gasteiger partial charge in [-0.1, -0.05) is 17.7 Å². The number of fused-ring (bicyclic) bond motifs is 1. The number of benzene rings is 2. The molecule has 7 nitrogen and oxygen atoms in total. The van der Waals surface area contributed by atoms with E-state index in [1.807, 2.05) is 6.92 Å². The zero-order valence-corrected chi connectivity index (χ0v) is 20.2. The van der Waals surface area contributed by atoms with E-state index in [0.29, 0.717) is 32.9 Å². The number of ether oxygens (including phenoxy) is 1. The van der Waals surface area contributed by atoms with E-state index in [2.05, 4.69) is 15.3 Å². The third kappa shape index (κ3) is 5.41. The molecule has 0 aliphatic rings. The van der Waals surface area contributed by atoms with E-state index in [4.69, 9.17) is 20.8 Å². The van der Waals surface area contributed by atoms with Crippen molar-refractivity contribution in [1.82, 2.24) is 4.98 Å². The summed E-state index contributed by atoms with van der Waals surface area (Å²) < 4.78 is 38.2. The molecule has 36 heavy (non-hydrogen) atoms. The van der Waals surface area contributed by atoms with Crippen LogP contribution in [0.1, 0.15) is 34.1 Å². The number of amides is 1. The highest BCUT2D eigenvalue weighted by atomic mass is 35.5. The second-order valence-corrected chi connectivity index (χ2v) is 8.41. The van der Waals surface area contributed by atoms with E-state index < -0.39 is 23.5 Å². The average Bonchev–Trinajstić information content (AvgIpc) is 2.82. The average molecular weight is 512 g/mol. The van der Waals surface area contributed by atoms with Gasteiger partial charge in [-0.25, -0.2) is 13.8 Å². The number of aromatic nitrogens is 1. The predicted molar refractivity (Wildman–Crippen MR) is 130 cm³/mol. The molecule has 0 fully saturated rings. The standard InChI is InChI=1S/C26H20ClF2N3O4/c1-13-4-7-23(20(27)8-13)32-26-19(25(34)31-17-5-6-21(28)22(29)9-17)10-18-16(12-35-15(3)33)11-30-14(2)24(18)36-26/h4-11H,12H2,1-3H3,(H,31,34). The Labute approximate surface area is 209 Å². The lowest BCUT2D eigenvalue weighted by Crippen LogP contribution is -2.22. The Kier molecular flexibility index (Phi) is 7.12. The first-order chi connectivity index (χ1) is 17.1. The number of hydrogen-bond acceptors (Lipinski definition) is 6. The summed E-state index contributed by atoms with van der Waals surface area (Å²) in [7, 11) is 0. The van der Waals surface area contributed by atoms with Crippen LogP contribution in [0.25, 0.3) is 11.0 Å². The van der Waals surface area contributed by atoms with E-state index in [1.165, 1.54) is 25.3 Å². The number of pyridine rings is 1. The minimum Gasteiger partial charge on any atom is -0.461 e. The Hall–Kier alpha value is -4.11. The van der Waals surface area contributed by atoms with Crippen LogP contribution in [-0.2, 0) is 16.1 Å². The summed E-state index contributed by atoms with van der Waals surface area (Å²) >= 11 is 6.34. The second-order valence-electron chi connectivity index (χ2n) is 8.01. The fourth-order valence-corrected chi connectivity index (χ4v) is 3.69. The third-order valence-electron chi connectivity index (χ3n) is 5.23. The molecule has 0 saturated heterocycles. The third-order valence-corrected chi connectivity index (χ3v) is 5.53. The highest BCUT2D eigenvalue weighted by Gasteiger charge is 2.18. The summed E-state index contributed by atoms with van der Waals surface area (Å²) in [5.74, 6) is -3.34. The SMILES string of the molecule is CC(=O)OCc1cnc(C)c2oc(=Nc3ccc(C)cc3Cl)c(C(=O)Nc3ccc(F)c(F)c3)cc12. The molecule has 0 saturated carbocycles. The molecule has 2 aromatic heterocycles. The molecule has 0 radical (unpaired) electrons. The minimum atomic E-state index is -1.11. The van der Waals surface area contributed by atoms with E-state index in [-0.39, 0.29) is 23.4 Å². The summed E-state index contributed by atoms with van der Waals surface area (Å²) in [6.45, 7) is 4.76. The fourth-order valence-electron chi connectivity index (χ4n) is 3.41. The number of nitrogens with one attached hydrogen (secondary N) is 1. The first kappa shape index (κ1) is 25.0. The Morgan fingerprint density at radius 1 is 1.11 bits per heavy atom. The Morgan fingerprint density at radius 3 is 2.58 bits per heavy atom. The summed E-state index contributed by atoms with van der Waals surface area (Å²) in [5, 5.41) is 3.33. The highest BCUT2D eigenvalue weighted by molar-refractivity contribution is 6.33. The molecule has 0 atom stereocenters. The number of nitrogens with zero attached hydrogens (tertiary/aromatic N) is 2. The second kappa shape index (κ2) is 10.2. The van der Waals surface area contributed by atoms with Crippen molar-refractivity contribution in [1.29, 1.82) is 0 Å². The van der Waals surface area contributed by atoms with Gasteiger partial charge in [0.25, 0.3) is 5.91 Å². The zero-order chi connectivity index (χ0) is 26.0. The van der Waals surface area contributed by atoms with Crippen molar-refractivity contribution in [2.24, 2.45) is 4.99 Å². The minimum absolute atomic E-state index is 0.0152. The topological polar surface area (TPSA) is 93.8 Å². The molecule has 0 spiro atoms. The van der Waals surface area contributed by atoms with Crippen molar-refractivity contribution in [2.75, 3.05) is 5.32 Å². The van der Waals surface area contributed by atoms with Crippen LogP contribution < -0.4 is 10.9 Å². The maximum Gasteiger partial charge on any atom is 0.302 e. The monoisotopic (exact) mass is 511 g/mol. The lowest BCUT2D eigenvalue weighted by Gasteiger charge is -2.11. The number of carbonyl (C=O) groups excluding carboxylic acids is 2. The number of hydrogen-bond donors (Lipinski definition) is 1. The van der Waals surface area contributed by atoms with Gasteiger partial charge in [-0.2, -0.15) is 0 Å². The number of aryl methyl sites for hydroxylation is 2. The van der Waals surface area contributed by atoms with Gasteiger partial charge >= 0.3 is 5.97 Å². The molecule has 1 N–H and O–H groups in total. The van der Waals surface area contributed by atoms with Crippen LogP contribution in [-0.4, -0.2) is 16.9 Å². The molecule has 184 valence electrons. The molecule has 10 heteroatoms. The maximum absolute atomic E-state index is 13.7. The van der Waals surface area contributed by atoms with Gasteiger partial charge in [0.15, 0.2) is 17.2 Å². The van der Waals surface area contributed by atoms with E-state index in [9.17, 15) is 18.4 Å². The van der Waals surface area contributed by atoms with Crippen LogP contribution in [0.2, 0.25) is 5.02 Å². The molecule has 0 bridgehead atoms. The molecule has 2 heterocycles. The number of esters is 1. The van der Waals surface area contributed by atoms with Crippen LogP contribution in [0.3, 0.4) is 0 Å². The van der Waals surface area contributed by atoms with Gasteiger partial charge in [-0.15, -0.1) is 0 Å². The number of halogens is 3. The van der Waals surface area contributed by atoms with Crippen molar-refractivity contribution in [2.45, 2.75) is 27.4 Å². The number of anilines is 1. The van der Waals surface area contributed by atoms with Crippen LogP contribution in [0.15, 0.2) is 58.1 Å². The molecule has 2 aromatic carbocycles. The molecule has 0 aliphatic carbocycles. The van der Waals surface area contributed by atoms with Gasteiger partial charge in [-0.3, -0.25) is 14.6 Å². The highest BCUT2D eigenvalue weighted by Crippen LogP contribution is 2.27.